The van der Waals surface area contributed by atoms with Gasteiger partial charge < -0.3 is 14.5 Å². The predicted octanol–water partition coefficient (Wildman–Crippen LogP) is 5.18. The van der Waals surface area contributed by atoms with Gasteiger partial charge in [0.1, 0.15) is 5.52 Å². The van der Waals surface area contributed by atoms with Crippen molar-refractivity contribution in [3.63, 3.8) is 0 Å². The number of benzene rings is 2. The zero-order valence-corrected chi connectivity index (χ0v) is 15.5. The van der Waals surface area contributed by atoms with Crippen LogP contribution in [0, 0.1) is 0 Å². The van der Waals surface area contributed by atoms with E-state index in [0.29, 0.717) is 21.7 Å². The van der Waals surface area contributed by atoms with Gasteiger partial charge in [0.05, 0.1) is 11.3 Å². The smallest absolute Gasteiger partial charge is 0.275 e. The summed E-state index contributed by atoms with van der Waals surface area (Å²) in [6, 6.07) is 12.8. The Labute approximate surface area is 159 Å². The number of aromatic nitrogens is 2. The number of hydrogen-bond acceptors (Lipinski definition) is 6. The van der Waals surface area contributed by atoms with Gasteiger partial charge in [-0.3, -0.25) is 4.79 Å². The number of nitrogens with one attached hydrogen (secondary N) is 1. The van der Waals surface area contributed by atoms with Crippen LogP contribution in [0.5, 0.6) is 5.88 Å². The standard InChI is InChI=1S/C17H11BrN4O3S/c18-9-5-6-11-10(7-9)15(16(24)19-11)22-21-14(23)8-26-17-20-12-3-1-2-4-13(12)25-17/h1-7,19,24H,8H2. The van der Waals surface area contributed by atoms with Crippen molar-refractivity contribution < 1.29 is 14.3 Å². The molecule has 0 unspecified atom stereocenters. The molecule has 0 aliphatic carbocycles. The Morgan fingerprint density at radius 1 is 1.31 bits per heavy atom. The van der Waals surface area contributed by atoms with E-state index in [-0.39, 0.29) is 17.3 Å². The molecular formula is C17H11BrN4O3S. The summed E-state index contributed by atoms with van der Waals surface area (Å²) < 4.78 is 6.37. The van der Waals surface area contributed by atoms with Crippen LogP contribution in [-0.4, -0.2) is 26.7 Å². The number of para-hydroxylation sites is 2. The molecule has 0 saturated heterocycles. The zero-order chi connectivity index (χ0) is 18.1. The number of amides is 1. The van der Waals surface area contributed by atoms with Gasteiger partial charge in [-0.05, 0) is 30.3 Å². The van der Waals surface area contributed by atoms with E-state index in [1.165, 1.54) is 0 Å². The molecule has 1 amide bonds. The fraction of sp³-hybridized carbons (Fsp3) is 0.0588. The predicted molar refractivity (Wildman–Crippen MR) is 102 cm³/mol. The minimum atomic E-state index is -0.457. The van der Waals surface area contributed by atoms with Gasteiger partial charge in [-0.2, -0.15) is 0 Å². The first kappa shape index (κ1) is 16.8. The minimum Gasteiger partial charge on any atom is -0.493 e. The van der Waals surface area contributed by atoms with Crippen LogP contribution in [0.1, 0.15) is 0 Å². The lowest BCUT2D eigenvalue weighted by Gasteiger charge is -1.93. The first-order valence-corrected chi connectivity index (χ1v) is 9.31. The summed E-state index contributed by atoms with van der Waals surface area (Å²) in [4.78, 5) is 19.1. The average molecular weight is 431 g/mol. The molecule has 0 radical (unpaired) electrons. The van der Waals surface area contributed by atoms with Crippen LogP contribution in [0.4, 0.5) is 5.69 Å². The van der Waals surface area contributed by atoms with Gasteiger partial charge in [-0.1, -0.05) is 39.8 Å². The van der Waals surface area contributed by atoms with Gasteiger partial charge in [0, 0.05) is 9.86 Å². The van der Waals surface area contributed by atoms with Crippen molar-refractivity contribution in [2.45, 2.75) is 5.22 Å². The fourth-order valence-corrected chi connectivity index (χ4v) is 3.39. The zero-order valence-electron chi connectivity index (χ0n) is 13.1. The van der Waals surface area contributed by atoms with Crippen molar-refractivity contribution in [1.82, 2.24) is 9.97 Å². The summed E-state index contributed by atoms with van der Waals surface area (Å²) in [7, 11) is 0. The molecule has 0 aliphatic heterocycles. The number of oxazole rings is 1. The van der Waals surface area contributed by atoms with Crippen LogP contribution in [0.25, 0.3) is 22.0 Å². The van der Waals surface area contributed by atoms with E-state index in [1.54, 1.807) is 12.1 Å². The number of azo groups is 1. The summed E-state index contributed by atoms with van der Waals surface area (Å²) in [6.07, 6.45) is 0. The molecule has 0 fully saturated rings. The number of aromatic amines is 1. The molecule has 0 bridgehead atoms. The molecule has 0 atom stereocenters. The molecule has 2 N–H and O–H groups in total. The number of carbonyl (C=O) groups is 1. The second-order valence-electron chi connectivity index (χ2n) is 5.34. The Kier molecular flexibility index (Phi) is 4.48. The molecule has 0 spiro atoms. The van der Waals surface area contributed by atoms with Gasteiger partial charge in [-0.15, -0.1) is 10.2 Å². The van der Waals surface area contributed by atoms with E-state index < -0.39 is 5.91 Å². The van der Waals surface area contributed by atoms with Gasteiger partial charge in [0.25, 0.3) is 11.1 Å². The van der Waals surface area contributed by atoms with E-state index in [1.807, 2.05) is 30.3 Å². The van der Waals surface area contributed by atoms with Crippen LogP contribution >= 0.6 is 27.7 Å². The first-order chi connectivity index (χ1) is 12.6. The van der Waals surface area contributed by atoms with E-state index in [0.717, 1.165) is 21.8 Å². The molecular weight excluding hydrogens is 420 g/mol. The van der Waals surface area contributed by atoms with Crippen molar-refractivity contribution in [3.05, 3.63) is 46.9 Å². The maximum absolute atomic E-state index is 12.0. The van der Waals surface area contributed by atoms with Gasteiger partial charge in [0.2, 0.25) is 5.88 Å². The highest BCUT2D eigenvalue weighted by molar-refractivity contribution is 9.10. The second kappa shape index (κ2) is 6.93. The van der Waals surface area contributed by atoms with Crippen LogP contribution in [0.2, 0.25) is 0 Å². The van der Waals surface area contributed by atoms with Gasteiger partial charge in [0.15, 0.2) is 11.3 Å². The lowest BCUT2D eigenvalue weighted by atomic mass is 10.2. The summed E-state index contributed by atoms with van der Waals surface area (Å²) in [6.45, 7) is 0. The molecule has 26 heavy (non-hydrogen) atoms. The molecule has 2 aromatic carbocycles. The number of fused-ring (bicyclic) bond motifs is 2. The molecule has 7 nitrogen and oxygen atoms in total. The van der Waals surface area contributed by atoms with Crippen molar-refractivity contribution in [2.24, 2.45) is 10.2 Å². The molecule has 2 aromatic heterocycles. The van der Waals surface area contributed by atoms with Gasteiger partial charge in [-0.25, -0.2) is 4.98 Å². The highest BCUT2D eigenvalue weighted by Gasteiger charge is 2.12. The number of aromatic hydroxyl groups is 1. The largest absolute Gasteiger partial charge is 0.493 e. The highest BCUT2D eigenvalue weighted by atomic mass is 79.9. The molecule has 4 aromatic rings. The van der Waals surface area contributed by atoms with Crippen molar-refractivity contribution in [2.75, 3.05) is 5.75 Å². The maximum atomic E-state index is 12.0. The molecule has 2 heterocycles. The summed E-state index contributed by atoms with van der Waals surface area (Å²) in [5, 5.41) is 18.6. The van der Waals surface area contributed by atoms with Crippen LogP contribution in [0.3, 0.4) is 0 Å². The summed E-state index contributed by atoms with van der Waals surface area (Å²) in [5.74, 6) is -0.564. The highest BCUT2D eigenvalue weighted by Crippen LogP contribution is 2.36. The maximum Gasteiger partial charge on any atom is 0.275 e. The van der Waals surface area contributed by atoms with Crippen molar-refractivity contribution >= 4 is 61.3 Å². The van der Waals surface area contributed by atoms with Crippen molar-refractivity contribution in [1.29, 1.82) is 0 Å². The first-order valence-electron chi connectivity index (χ1n) is 7.53. The summed E-state index contributed by atoms with van der Waals surface area (Å²) in [5.41, 5.74) is 2.33. The Hall–Kier alpha value is -2.65. The van der Waals surface area contributed by atoms with Crippen LogP contribution in [-0.2, 0) is 4.79 Å². The Bertz CT molecular complexity index is 1120. The van der Waals surface area contributed by atoms with E-state index in [9.17, 15) is 9.90 Å². The number of halogens is 1. The third-order valence-corrected chi connectivity index (χ3v) is 4.88. The SMILES string of the molecule is O=C(CSc1nc2ccccc2o1)N=Nc1c(O)[nH]c2ccc(Br)cc12. The minimum absolute atomic E-state index is 0.0309. The third kappa shape index (κ3) is 3.35. The van der Waals surface area contributed by atoms with Crippen LogP contribution in [0.15, 0.2) is 66.8 Å². The van der Waals surface area contributed by atoms with Crippen LogP contribution < -0.4 is 0 Å². The monoisotopic (exact) mass is 430 g/mol. The Morgan fingerprint density at radius 3 is 3.00 bits per heavy atom. The molecule has 0 saturated carbocycles. The van der Waals surface area contributed by atoms with E-state index in [4.69, 9.17) is 4.42 Å². The normalized spacial score (nSPS) is 11.7. The molecule has 0 aliphatic rings. The number of rotatable bonds is 4. The quantitative estimate of drug-likeness (QED) is 0.342. The number of carbonyl (C=O) groups excluding carboxylic acids is 1. The molecule has 4 rings (SSSR count). The molecule has 130 valence electrons. The van der Waals surface area contributed by atoms with Crippen molar-refractivity contribution in [3.8, 4) is 5.88 Å². The number of hydrogen-bond donors (Lipinski definition) is 2. The lowest BCUT2D eigenvalue weighted by Crippen LogP contribution is -1.95. The topological polar surface area (TPSA) is 104 Å². The number of nitrogens with zero attached hydrogens (tertiary/aromatic N) is 3. The molecule has 9 heteroatoms. The van der Waals surface area contributed by atoms with Gasteiger partial charge >= 0.3 is 0 Å². The van der Waals surface area contributed by atoms with E-state index >= 15 is 0 Å². The number of thioether (sulfide) groups is 1. The Balaban J connectivity index is 1.47. The second-order valence-corrected chi connectivity index (χ2v) is 7.18. The average Bonchev–Trinajstić information content (AvgIpc) is 3.18. The third-order valence-electron chi connectivity index (χ3n) is 3.57. The fourth-order valence-electron chi connectivity index (χ4n) is 2.41. The van der Waals surface area contributed by atoms with E-state index in [2.05, 4.69) is 36.1 Å². The number of H-pyrrole nitrogens is 1. The Morgan fingerprint density at radius 2 is 2.15 bits per heavy atom. The lowest BCUT2D eigenvalue weighted by molar-refractivity contribution is -0.115. The summed E-state index contributed by atoms with van der Waals surface area (Å²) >= 11 is 4.51.